The number of sulfonamides is 1. The molecule has 0 spiro atoms. The van der Waals surface area contributed by atoms with Gasteiger partial charge in [-0.1, -0.05) is 12.1 Å². The second-order valence-corrected chi connectivity index (χ2v) is 6.94. The van der Waals surface area contributed by atoms with Crippen molar-refractivity contribution in [2.75, 3.05) is 11.8 Å². The van der Waals surface area contributed by atoms with E-state index in [4.69, 9.17) is 4.74 Å². The molecule has 3 aromatic rings. The Balaban J connectivity index is 2.05. The van der Waals surface area contributed by atoms with Crippen LogP contribution in [0.2, 0.25) is 0 Å². The van der Waals surface area contributed by atoms with Crippen molar-refractivity contribution in [2.45, 2.75) is 19.0 Å². The maximum atomic E-state index is 12.6. The van der Waals surface area contributed by atoms with Crippen LogP contribution in [0.3, 0.4) is 0 Å². The van der Waals surface area contributed by atoms with E-state index in [1.807, 2.05) is 0 Å². The van der Waals surface area contributed by atoms with Gasteiger partial charge in [-0.05, 0) is 31.0 Å². The van der Waals surface area contributed by atoms with Crippen LogP contribution in [0.15, 0.2) is 35.7 Å². The van der Waals surface area contributed by atoms with Gasteiger partial charge in [0.2, 0.25) is 0 Å². The third kappa shape index (κ3) is 3.15. The van der Waals surface area contributed by atoms with E-state index < -0.39 is 21.1 Å². The third-order valence-electron chi connectivity index (χ3n) is 3.46. The van der Waals surface area contributed by atoms with Gasteiger partial charge >= 0.3 is 5.97 Å². The van der Waals surface area contributed by atoms with Crippen LogP contribution in [-0.2, 0) is 14.8 Å². The number of aryl methyl sites for hydroxylation is 2. The quantitative estimate of drug-likeness (QED) is 0.697. The number of fused-ring (bicyclic) bond motifs is 1. The predicted molar refractivity (Wildman–Crippen MR) is 88.8 cm³/mol. The first-order valence-electron chi connectivity index (χ1n) is 7.21. The highest BCUT2D eigenvalue weighted by molar-refractivity contribution is 7.92. The zero-order valence-corrected chi connectivity index (χ0v) is 14.5. The largest absolute Gasteiger partial charge is 0.465 e. The van der Waals surface area contributed by atoms with Gasteiger partial charge in [-0.3, -0.25) is 4.72 Å². The fraction of sp³-hybridized carbons (Fsp3) is 0.200. The van der Waals surface area contributed by atoms with Gasteiger partial charge in [0.15, 0.2) is 0 Å². The fourth-order valence-corrected chi connectivity index (χ4v) is 3.26. The standard InChI is InChI=1S/C15H15N5O4S/c1-9-7-16-14-17-15(18-20(14)8-9)25(22,23)19-12-10(2)5-4-6-11(12)13(21)24-3/h4-8,19H,1-3H3. The van der Waals surface area contributed by atoms with E-state index in [0.29, 0.717) is 5.56 Å². The van der Waals surface area contributed by atoms with Crippen molar-refractivity contribution in [1.82, 2.24) is 19.6 Å². The Bertz CT molecular complexity index is 1070. The summed E-state index contributed by atoms with van der Waals surface area (Å²) < 4.78 is 33.6. The van der Waals surface area contributed by atoms with Crippen molar-refractivity contribution in [3.63, 3.8) is 0 Å². The highest BCUT2D eigenvalue weighted by atomic mass is 32.2. The minimum atomic E-state index is -4.12. The minimum absolute atomic E-state index is 0.101. The SMILES string of the molecule is COC(=O)c1cccc(C)c1NS(=O)(=O)c1nc2ncc(C)cn2n1. The number of carbonyl (C=O) groups excluding carboxylic acids is 1. The lowest BCUT2D eigenvalue weighted by molar-refractivity contribution is 0.0602. The lowest BCUT2D eigenvalue weighted by atomic mass is 10.1. The van der Waals surface area contributed by atoms with Crippen molar-refractivity contribution in [2.24, 2.45) is 0 Å². The molecular weight excluding hydrogens is 346 g/mol. The number of hydrogen-bond acceptors (Lipinski definition) is 7. The van der Waals surface area contributed by atoms with Crippen molar-refractivity contribution in [3.05, 3.63) is 47.3 Å². The molecule has 1 aromatic carbocycles. The molecule has 0 amide bonds. The van der Waals surface area contributed by atoms with Gasteiger partial charge in [0.25, 0.3) is 21.0 Å². The molecule has 2 heterocycles. The summed E-state index contributed by atoms with van der Waals surface area (Å²) in [4.78, 5) is 19.8. The highest BCUT2D eigenvalue weighted by Crippen LogP contribution is 2.24. The molecule has 0 aliphatic carbocycles. The minimum Gasteiger partial charge on any atom is -0.465 e. The van der Waals surface area contributed by atoms with Crippen LogP contribution >= 0.6 is 0 Å². The maximum Gasteiger partial charge on any atom is 0.340 e. The van der Waals surface area contributed by atoms with Crippen LogP contribution in [0.1, 0.15) is 21.5 Å². The molecule has 0 aliphatic heterocycles. The van der Waals surface area contributed by atoms with E-state index in [1.54, 1.807) is 38.4 Å². The molecule has 0 aliphatic rings. The van der Waals surface area contributed by atoms with Crippen molar-refractivity contribution >= 4 is 27.5 Å². The molecule has 9 nitrogen and oxygen atoms in total. The lowest BCUT2D eigenvalue weighted by Gasteiger charge is -2.12. The molecule has 0 unspecified atom stereocenters. The van der Waals surface area contributed by atoms with Crippen LogP contribution in [0.5, 0.6) is 0 Å². The van der Waals surface area contributed by atoms with Gasteiger partial charge in [-0.25, -0.2) is 14.3 Å². The van der Waals surface area contributed by atoms with Gasteiger partial charge in [0, 0.05) is 12.4 Å². The number of ether oxygens (including phenoxy) is 1. The number of esters is 1. The Morgan fingerprint density at radius 2 is 2.04 bits per heavy atom. The van der Waals surface area contributed by atoms with E-state index in [0.717, 1.165) is 5.56 Å². The summed E-state index contributed by atoms with van der Waals surface area (Å²) in [5.41, 5.74) is 1.59. The van der Waals surface area contributed by atoms with Crippen LogP contribution < -0.4 is 4.72 Å². The van der Waals surface area contributed by atoms with Gasteiger partial charge in [0.1, 0.15) is 0 Å². The Kier molecular flexibility index (Phi) is 4.13. The summed E-state index contributed by atoms with van der Waals surface area (Å²) in [7, 11) is -2.89. The average Bonchev–Trinajstić information content (AvgIpc) is 3.00. The van der Waals surface area contributed by atoms with Crippen molar-refractivity contribution < 1.29 is 17.9 Å². The summed E-state index contributed by atoms with van der Waals surface area (Å²) in [6, 6.07) is 4.78. The Hall–Kier alpha value is -3.01. The van der Waals surface area contributed by atoms with Crippen LogP contribution in [0.4, 0.5) is 5.69 Å². The molecule has 130 valence electrons. The first-order chi connectivity index (χ1) is 11.8. The van der Waals surface area contributed by atoms with E-state index in [9.17, 15) is 13.2 Å². The van der Waals surface area contributed by atoms with Gasteiger partial charge in [0.05, 0.1) is 18.4 Å². The molecule has 1 N–H and O–H groups in total. The van der Waals surface area contributed by atoms with Crippen molar-refractivity contribution in [3.8, 4) is 0 Å². The number of rotatable bonds is 4. The molecular formula is C15H15N5O4S. The molecule has 2 aromatic heterocycles. The second kappa shape index (κ2) is 6.13. The first kappa shape index (κ1) is 16.8. The summed E-state index contributed by atoms with van der Waals surface area (Å²) in [6.45, 7) is 3.48. The molecule has 10 heteroatoms. The van der Waals surface area contributed by atoms with Crippen molar-refractivity contribution in [1.29, 1.82) is 0 Å². The molecule has 0 fully saturated rings. The van der Waals surface area contributed by atoms with Gasteiger partial charge < -0.3 is 4.74 Å². The molecule has 3 rings (SSSR count). The number of aromatic nitrogens is 4. The van der Waals surface area contributed by atoms with E-state index in [1.165, 1.54) is 17.7 Å². The third-order valence-corrected chi connectivity index (χ3v) is 4.58. The first-order valence-corrected chi connectivity index (χ1v) is 8.70. The molecule has 25 heavy (non-hydrogen) atoms. The number of carbonyl (C=O) groups is 1. The second-order valence-electron chi connectivity index (χ2n) is 5.36. The summed E-state index contributed by atoms with van der Waals surface area (Å²) in [6.07, 6.45) is 3.17. The topological polar surface area (TPSA) is 116 Å². The predicted octanol–water partition coefficient (Wildman–Crippen LogP) is 1.33. The molecule has 0 bridgehead atoms. The van der Waals surface area contributed by atoms with Crippen LogP contribution in [0.25, 0.3) is 5.78 Å². The molecule has 0 saturated carbocycles. The highest BCUT2D eigenvalue weighted by Gasteiger charge is 2.25. The molecule has 0 radical (unpaired) electrons. The number of hydrogen-bond donors (Lipinski definition) is 1. The monoisotopic (exact) mass is 361 g/mol. The van der Waals surface area contributed by atoms with Crippen LogP contribution in [0, 0.1) is 13.8 Å². The molecule has 0 atom stereocenters. The zero-order chi connectivity index (χ0) is 18.2. The number of nitrogens with zero attached hydrogens (tertiary/aromatic N) is 4. The maximum absolute atomic E-state index is 12.6. The number of methoxy groups -OCH3 is 1. The number of para-hydroxylation sites is 1. The lowest BCUT2D eigenvalue weighted by Crippen LogP contribution is -2.18. The molecule has 0 saturated heterocycles. The Morgan fingerprint density at radius 1 is 1.28 bits per heavy atom. The number of nitrogens with one attached hydrogen (secondary N) is 1. The smallest absolute Gasteiger partial charge is 0.340 e. The summed E-state index contributed by atoms with van der Waals surface area (Å²) >= 11 is 0. The van der Waals surface area contributed by atoms with Crippen LogP contribution in [-0.4, -0.2) is 41.1 Å². The Morgan fingerprint density at radius 3 is 2.76 bits per heavy atom. The zero-order valence-electron chi connectivity index (χ0n) is 13.7. The van der Waals surface area contributed by atoms with E-state index in [2.05, 4.69) is 19.8 Å². The Labute approximate surface area is 143 Å². The summed E-state index contributed by atoms with van der Waals surface area (Å²) in [5.74, 6) is -0.495. The van der Waals surface area contributed by atoms with Gasteiger partial charge in [-0.15, -0.1) is 5.10 Å². The number of benzene rings is 1. The number of anilines is 1. The van der Waals surface area contributed by atoms with E-state index >= 15 is 0 Å². The normalized spacial score (nSPS) is 11.5. The fourth-order valence-electron chi connectivity index (χ4n) is 2.23. The van der Waals surface area contributed by atoms with E-state index in [-0.39, 0.29) is 17.0 Å². The summed E-state index contributed by atoms with van der Waals surface area (Å²) in [5, 5.41) is 3.50. The average molecular weight is 361 g/mol. The van der Waals surface area contributed by atoms with Gasteiger partial charge in [-0.2, -0.15) is 13.4 Å².